The molecular formula is C18H20ClN3O2. The predicted molar refractivity (Wildman–Crippen MR) is 97.9 cm³/mol. The van der Waals surface area contributed by atoms with E-state index in [1.807, 2.05) is 20.8 Å². The molecule has 5 nitrogen and oxygen atoms in total. The first kappa shape index (κ1) is 17.8. The summed E-state index contributed by atoms with van der Waals surface area (Å²) in [6.45, 7) is 5.63. The highest BCUT2D eigenvalue weighted by atomic mass is 35.5. The van der Waals surface area contributed by atoms with E-state index in [0.717, 1.165) is 5.56 Å². The van der Waals surface area contributed by atoms with Gasteiger partial charge in [0.2, 0.25) is 0 Å². The van der Waals surface area contributed by atoms with Gasteiger partial charge in [0.15, 0.2) is 0 Å². The fourth-order valence-electron chi connectivity index (χ4n) is 2.08. The van der Waals surface area contributed by atoms with Gasteiger partial charge in [-0.15, -0.1) is 0 Å². The molecule has 0 saturated carbocycles. The lowest BCUT2D eigenvalue weighted by molar-refractivity contribution is 0.0943. The molecule has 0 unspecified atom stereocenters. The molecule has 3 amide bonds. The third-order valence-corrected chi connectivity index (χ3v) is 3.75. The second-order valence-electron chi connectivity index (χ2n) is 5.70. The van der Waals surface area contributed by atoms with E-state index in [9.17, 15) is 9.59 Å². The molecule has 0 radical (unpaired) electrons. The molecule has 0 aromatic heterocycles. The zero-order valence-corrected chi connectivity index (χ0v) is 14.6. The molecule has 0 aliphatic heterocycles. The molecule has 2 aromatic carbocycles. The normalized spacial score (nSPS) is 10.4. The number of hydrogen-bond acceptors (Lipinski definition) is 2. The quantitative estimate of drug-likeness (QED) is 0.767. The molecule has 6 heteroatoms. The highest BCUT2D eigenvalue weighted by Crippen LogP contribution is 2.23. The Morgan fingerprint density at radius 2 is 1.67 bits per heavy atom. The van der Waals surface area contributed by atoms with Crippen LogP contribution in [0.15, 0.2) is 42.5 Å². The second-order valence-corrected chi connectivity index (χ2v) is 6.10. The molecule has 0 spiro atoms. The summed E-state index contributed by atoms with van der Waals surface area (Å²) >= 11 is 6.03. The van der Waals surface area contributed by atoms with Crippen molar-refractivity contribution in [2.75, 3.05) is 10.6 Å². The fraction of sp³-hybridized carbons (Fsp3) is 0.222. The van der Waals surface area contributed by atoms with Crippen LogP contribution in [0.2, 0.25) is 5.02 Å². The summed E-state index contributed by atoms with van der Waals surface area (Å²) in [4.78, 5) is 23.9. The monoisotopic (exact) mass is 345 g/mol. The number of nitrogens with one attached hydrogen (secondary N) is 3. The van der Waals surface area contributed by atoms with Crippen molar-refractivity contribution in [2.24, 2.45) is 0 Å². The highest BCUT2D eigenvalue weighted by molar-refractivity contribution is 6.31. The lowest BCUT2D eigenvalue weighted by atomic mass is 10.2. The number of benzene rings is 2. The predicted octanol–water partition coefficient (Wildman–Crippen LogP) is 4.43. The summed E-state index contributed by atoms with van der Waals surface area (Å²) in [5.74, 6) is -0.143. The maximum absolute atomic E-state index is 12.1. The van der Waals surface area contributed by atoms with E-state index >= 15 is 0 Å². The lowest BCUT2D eigenvalue weighted by Gasteiger charge is -2.11. The second kappa shape index (κ2) is 7.84. The summed E-state index contributed by atoms with van der Waals surface area (Å²) < 4.78 is 0. The Labute approximate surface area is 146 Å². The van der Waals surface area contributed by atoms with E-state index < -0.39 is 0 Å². The molecule has 0 heterocycles. The molecule has 0 aliphatic carbocycles. The first-order valence-corrected chi connectivity index (χ1v) is 7.98. The molecule has 3 N–H and O–H groups in total. The van der Waals surface area contributed by atoms with Crippen LogP contribution < -0.4 is 16.0 Å². The van der Waals surface area contributed by atoms with Gasteiger partial charge < -0.3 is 16.0 Å². The van der Waals surface area contributed by atoms with Crippen molar-refractivity contribution in [3.05, 3.63) is 58.6 Å². The van der Waals surface area contributed by atoms with Gasteiger partial charge in [0.05, 0.1) is 0 Å². The van der Waals surface area contributed by atoms with Gasteiger partial charge in [-0.2, -0.15) is 0 Å². The Morgan fingerprint density at radius 1 is 1.00 bits per heavy atom. The molecule has 0 fully saturated rings. The Balaban J connectivity index is 1.99. The fourth-order valence-corrected chi connectivity index (χ4v) is 2.25. The third-order valence-electron chi connectivity index (χ3n) is 3.34. The SMILES string of the molecule is Cc1c(Cl)cccc1NC(=O)Nc1ccc(C(=O)NC(C)C)cc1. The van der Waals surface area contributed by atoms with Crippen molar-refractivity contribution >= 4 is 34.9 Å². The minimum atomic E-state index is -0.375. The number of amides is 3. The van der Waals surface area contributed by atoms with Crippen LogP contribution >= 0.6 is 11.6 Å². The zero-order valence-electron chi connectivity index (χ0n) is 13.8. The van der Waals surface area contributed by atoms with Gasteiger partial charge in [-0.3, -0.25) is 4.79 Å². The summed E-state index contributed by atoms with van der Waals surface area (Å²) in [7, 11) is 0. The first-order valence-electron chi connectivity index (χ1n) is 7.61. The largest absolute Gasteiger partial charge is 0.350 e. The highest BCUT2D eigenvalue weighted by Gasteiger charge is 2.09. The Morgan fingerprint density at radius 3 is 2.29 bits per heavy atom. The minimum Gasteiger partial charge on any atom is -0.350 e. The Hall–Kier alpha value is -2.53. The summed E-state index contributed by atoms with van der Waals surface area (Å²) in [5, 5.41) is 8.87. The average Bonchev–Trinajstić information content (AvgIpc) is 2.52. The number of hydrogen-bond donors (Lipinski definition) is 3. The maximum Gasteiger partial charge on any atom is 0.323 e. The van der Waals surface area contributed by atoms with Gasteiger partial charge in [0.25, 0.3) is 5.91 Å². The van der Waals surface area contributed by atoms with Gasteiger partial charge in [0, 0.05) is 28.0 Å². The molecule has 0 saturated heterocycles. The summed E-state index contributed by atoms with van der Waals surface area (Å²) in [6.07, 6.45) is 0. The Kier molecular flexibility index (Phi) is 5.82. The van der Waals surface area contributed by atoms with Crippen molar-refractivity contribution in [2.45, 2.75) is 26.8 Å². The van der Waals surface area contributed by atoms with E-state index in [1.54, 1.807) is 42.5 Å². The van der Waals surface area contributed by atoms with Crippen molar-refractivity contribution in [1.82, 2.24) is 5.32 Å². The van der Waals surface area contributed by atoms with Crippen LogP contribution in [0, 0.1) is 6.92 Å². The van der Waals surface area contributed by atoms with E-state index in [1.165, 1.54) is 0 Å². The smallest absolute Gasteiger partial charge is 0.323 e. The van der Waals surface area contributed by atoms with Gasteiger partial charge in [0.1, 0.15) is 0 Å². The van der Waals surface area contributed by atoms with Crippen LogP contribution in [0.5, 0.6) is 0 Å². The molecule has 0 aliphatic rings. The number of rotatable bonds is 4. The molecule has 0 atom stereocenters. The van der Waals surface area contributed by atoms with Crippen molar-refractivity contribution in [3.63, 3.8) is 0 Å². The molecule has 24 heavy (non-hydrogen) atoms. The topological polar surface area (TPSA) is 70.2 Å². The molecular weight excluding hydrogens is 326 g/mol. The van der Waals surface area contributed by atoms with Gasteiger partial charge >= 0.3 is 6.03 Å². The summed E-state index contributed by atoms with van der Waals surface area (Å²) in [5.41, 5.74) is 2.58. The number of urea groups is 1. The minimum absolute atomic E-state index is 0.0713. The van der Waals surface area contributed by atoms with Crippen LogP contribution in [0.25, 0.3) is 0 Å². The van der Waals surface area contributed by atoms with Crippen LogP contribution in [0.1, 0.15) is 29.8 Å². The number of carbonyl (C=O) groups is 2. The molecule has 126 valence electrons. The van der Waals surface area contributed by atoms with E-state index in [-0.39, 0.29) is 18.0 Å². The van der Waals surface area contributed by atoms with E-state index in [2.05, 4.69) is 16.0 Å². The molecule has 2 aromatic rings. The van der Waals surface area contributed by atoms with Crippen molar-refractivity contribution in [1.29, 1.82) is 0 Å². The number of carbonyl (C=O) groups excluding carboxylic acids is 2. The zero-order chi connectivity index (χ0) is 17.7. The Bertz CT molecular complexity index is 742. The average molecular weight is 346 g/mol. The number of halogens is 1. The third kappa shape index (κ3) is 4.73. The first-order chi connectivity index (χ1) is 11.4. The van der Waals surface area contributed by atoms with E-state index in [4.69, 9.17) is 11.6 Å². The van der Waals surface area contributed by atoms with Crippen LogP contribution in [0.4, 0.5) is 16.2 Å². The van der Waals surface area contributed by atoms with Crippen molar-refractivity contribution in [3.8, 4) is 0 Å². The van der Waals surface area contributed by atoms with Crippen LogP contribution in [0.3, 0.4) is 0 Å². The van der Waals surface area contributed by atoms with Crippen LogP contribution in [-0.4, -0.2) is 18.0 Å². The maximum atomic E-state index is 12.1. The summed E-state index contributed by atoms with van der Waals surface area (Å²) in [6, 6.07) is 11.7. The van der Waals surface area contributed by atoms with Gasteiger partial charge in [-0.1, -0.05) is 17.7 Å². The van der Waals surface area contributed by atoms with E-state index in [0.29, 0.717) is 22.0 Å². The van der Waals surface area contributed by atoms with Gasteiger partial charge in [-0.25, -0.2) is 4.79 Å². The molecule has 0 bridgehead atoms. The van der Waals surface area contributed by atoms with Crippen LogP contribution in [-0.2, 0) is 0 Å². The number of anilines is 2. The molecule has 2 rings (SSSR count). The van der Waals surface area contributed by atoms with Crippen molar-refractivity contribution < 1.29 is 9.59 Å². The standard InChI is InChI=1S/C18H20ClN3O2/c1-11(2)20-17(23)13-7-9-14(10-8-13)21-18(24)22-16-6-4-5-15(19)12(16)3/h4-11H,1-3H3,(H,20,23)(H2,21,22,24). The van der Waals surface area contributed by atoms with Gasteiger partial charge in [-0.05, 0) is 62.7 Å². The lowest BCUT2D eigenvalue weighted by Crippen LogP contribution is -2.30.